The lowest BCUT2D eigenvalue weighted by Crippen LogP contribution is -2.48. The first-order chi connectivity index (χ1) is 14.3. The highest BCUT2D eigenvalue weighted by Crippen LogP contribution is 2.34. The number of hydrogen-bond acceptors (Lipinski definition) is 3. The van der Waals surface area contributed by atoms with Gasteiger partial charge in [0.2, 0.25) is 0 Å². The maximum absolute atomic E-state index is 13.5. The van der Waals surface area contributed by atoms with Crippen LogP contribution in [0.3, 0.4) is 0 Å². The zero-order valence-electron chi connectivity index (χ0n) is 19.2. The third-order valence-corrected chi connectivity index (χ3v) is 5.96. The fourth-order valence-corrected chi connectivity index (χ4v) is 4.26. The second kappa shape index (κ2) is 11.3. The van der Waals surface area contributed by atoms with Crippen molar-refractivity contribution >= 4 is 29.9 Å². The predicted octanol–water partition coefficient (Wildman–Crippen LogP) is 4.06. The van der Waals surface area contributed by atoms with E-state index in [1.54, 1.807) is 19.2 Å². The Morgan fingerprint density at radius 2 is 1.94 bits per heavy atom. The van der Waals surface area contributed by atoms with Crippen molar-refractivity contribution in [1.82, 2.24) is 20.0 Å². The maximum Gasteiger partial charge on any atom is 0.193 e. The minimum absolute atomic E-state index is 0. The number of guanidine groups is 1. The van der Waals surface area contributed by atoms with Gasteiger partial charge < -0.3 is 15.0 Å². The molecule has 0 atom stereocenters. The van der Waals surface area contributed by atoms with Gasteiger partial charge in [0, 0.05) is 64.6 Å². The van der Waals surface area contributed by atoms with Crippen LogP contribution in [0.2, 0.25) is 0 Å². The van der Waals surface area contributed by atoms with Crippen LogP contribution in [0.1, 0.15) is 49.4 Å². The van der Waals surface area contributed by atoms with Crippen molar-refractivity contribution in [2.45, 2.75) is 44.6 Å². The average Bonchev–Trinajstić information content (AvgIpc) is 3.10. The van der Waals surface area contributed by atoms with Gasteiger partial charge >= 0.3 is 0 Å². The van der Waals surface area contributed by atoms with E-state index in [-0.39, 0.29) is 35.2 Å². The minimum Gasteiger partial charge on any atom is -0.381 e. The predicted molar refractivity (Wildman–Crippen MR) is 134 cm³/mol. The molecule has 1 aliphatic rings. The van der Waals surface area contributed by atoms with Gasteiger partial charge in [-0.2, -0.15) is 5.10 Å². The highest BCUT2D eigenvalue weighted by molar-refractivity contribution is 14.0. The van der Waals surface area contributed by atoms with Gasteiger partial charge in [-0.25, -0.2) is 4.39 Å². The first kappa shape index (κ1) is 25.6. The molecule has 0 radical (unpaired) electrons. The third kappa shape index (κ3) is 6.19. The van der Waals surface area contributed by atoms with Crippen molar-refractivity contribution in [2.75, 3.05) is 33.9 Å². The van der Waals surface area contributed by atoms with Crippen LogP contribution in [-0.2, 0) is 23.7 Å². The topological polar surface area (TPSA) is 54.7 Å². The first-order valence-corrected chi connectivity index (χ1v) is 10.6. The summed E-state index contributed by atoms with van der Waals surface area (Å²) in [6.07, 6.45) is 3.87. The van der Waals surface area contributed by atoms with Crippen LogP contribution in [-0.4, -0.2) is 54.5 Å². The van der Waals surface area contributed by atoms with Crippen molar-refractivity contribution < 1.29 is 9.13 Å². The smallest absolute Gasteiger partial charge is 0.193 e. The fourth-order valence-electron chi connectivity index (χ4n) is 4.26. The largest absolute Gasteiger partial charge is 0.381 e. The van der Waals surface area contributed by atoms with E-state index in [0.29, 0.717) is 19.1 Å². The van der Waals surface area contributed by atoms with Crippen molar-refractivity contribution in [1.29, 1.82) is 0 Å². The number of nitrogens with zero attached hydrogens (tertiary/aromatic N) is 4. The molecule has 1 aromatic heterocycles. The second-order valence-electron chi connectivity index (χ2n) is 8.52. The molecular weight excluding hydrogens is 508 g/mol. The van der Waals surface area contributed by atoms with Gasteiger partial charge in [-0.3, -0.25) is 9.67 Å². The van der Waals surface area contributed by atoms with Crippen molar-refractivity contribution in [3.63, 3.8) is 0 Å². The van der Waals surface area contributed by atoms with E-state index in [2.05, 4.69) is 40.4 Å². The van der Waals surface area contributed by atoms with Crippen LogP contribution >= 0.6 is 24.0 Å². The molecule has 0 bridgehead atoms. The van der Waals surface area contributed by atoms with Gasteiger partial charge in [-0.15, -0.1) is 24.0 Å². The van der Waals surface area contributed by atoms with Gasteiger partial charge in [0.15, 0.2) is 5.96 Å². The Morgan fingerprint density at radius 1 is 1.29 bits per heavy atom. The summed E-state index contributed by atoms with van der Waals surface area (Å²) in [5, 5.41) is 8.18. The van der Waals surface area contributed by atoms with E-state index in [9.17, 15) is 4.39 Å². The Balaban J connectivity index is 0.00000341. The number of aromatic nitrogens is 2. The molecule has 8 heteroatoms. The maximum atomic E-state index is 13.5. The number of ether oxygens (including phenoxy) is 1. The number of nitrogens with one attached hydrogen (secondary N) is 1. The molecule has 2 heterocycles. The van der Waals surface area contributed by atoms with Crippen molar-refractivity contribution in [3.05, 3.63) is 53.1 Å². The van der Waals surface area contributed by atoms with Crippen LogP contribution < -0.4 is 5.32 Å². The zero-order valence-corrected chi connectivity index (χ0v) is 21.5. The fraction of sp³-hybridized carbons (Fsp3) is 0.565. The van der Waals surface area contributed by atoms with Crippen LogP contribution in [0.15, 0.2) is 35.5 Å². The molecular formula is C23H35FIN5O. The number of benzene rings is 1. The van der Waals surface area contributed by atoms with Gasteiger partial charge in [0.05, 0.1) is 5.69 Å². The number of aryl methyl sites for hydroxylation is 1. The van der Waals surface area contributed by atoms with E-state index >= 15 is 0 Å². The van der Waals surface area contributed by atoms with Crippen LogP contribution in [0.25, 0.3) is 0 Å². The summed E-state index contributed by atoms with van der Waals surface area (Å²) < 4.78 is 21.0. The van der Waals surface area contributed by atoms with Crippen molar-refractivity contribution in [2.24, 2.45) is 12.0 Å². The second-order valence-corrected chi connectivity index (χ2v) is 8.52. The van der Waals surface area contributed by atoms with E-state index in [4.69, 9.17) is 4.74 Å². The lowest BCUT2D eigenvalue weighted by Gasteiger charge is -2.39. The molecule has 6 nitrogen and oxygen atoms in total. The molecule has 1 aliphatic heterocycles. The standard InChI is InChI=1S/C23H34FN5O.HI/c1-17(2)21-18(15-29(5)27-21)14-28(4)22(25-3)26-16-23(10-12-30-13-11-23)19-6-8-20(24)9-7-19;/h6-9,15,17H,10-14,16H2,1-5H3,(H,25,26);1H. The lowest BCUT2D eigenvalue weighted by molar-refractivity contribution is 0.0512. The Morgan fingerprint density at radius 3 is 2.52 bits per heavy atom. The van der Waals surface area contributed by atoms with Crippen molar-refractivity contribution in [3.8, 4) is 0 Å². The molecule has 3 rings (SSSR count). The third-order valence-electron chi connectivity index (χ3n) is 5.96. The minimum atomic E-state index is -0.207. The monoisotopic (exact) mass is 543 g/mol. The summed E-state index contributed by atoms with van der Waals surface area (Å²) >= 11 is 0. The highest BCUT2D eigenvalue weighted by atomic mass is 127. The van der Waals surface area contributed by atoms with Gasteiger partial charge in [-0.1, -0.05) is 26.0 Å². The summed E-state index contributed by atoms with van der Waals surface area (Å²) in [6, 6.07) is 6.89. The summed E-state index contributed by atoms with van der Waals surface area (Å²) in [4.78, 5) is 6.63. The molecule has 1 aromatic carbocycles. The normalized spacial score (nSPS) is 16.2. The molecule has 0 spiro atoms. The summed E-state index contributed by atoms with van der Waals surface area (Å²) in [6.45, 7) is 7.20. The zero-order chi connectivity index (χ0) is 21.7. The highest BCUT2D eigenvalue weighted by Gasteiger charge is 2.35. The summed E-state index contributed by atoms with van der Waals surface area (Å²) in [5.74, 6) is 0.997. The number of hydrogen-bond donors (Lipinski definition) is 1. The lowest BCUT2D eigenvalue weighted by atomic mass is 9.74. The van der Waals surface area contributed by atoms with E-state index < -0.39 is 0 Å². The molecule has 0 saturated carbocycles. The van der Waals surface area contributed by atoms with Crippen LogP contribution in [0.5, 0.6) is 0 Å². The van der Waals surface area contributed by atoms with Crippen LogP contribution in [0.4, 0.5) is 4.39 Å². The number of halogens is 2. The first-order valence-electron chi connectivity index (χ1n) is 10.6. The summed E-state index contributed by atoms with van der Waals surface area (Å²) in [7, 11) is 5.81. The van der Waals surface area contributed by atoms with E-state index in [1.165, 1.54) is 5.56 Å². The molecule has 2 aromatic rings. The molecule has 1 fully saturated rings. The molecule has 0 unspecified atom stereocenters. The Bertz CT molecular complexity index is 859. The SMILES string of the molecule is CN=C(NCC1(c2ccc(F)cc2)CCOCC1)N(C)Cc1cn(C)nc1C(C)C.I. The van der Waals surface area contributed by atoms with E-state index in [0.717, 1.165) is 43.1 Å². The molecule has 0 amide bonds. The number of rotatable bonds is 6. The number of aliphatic imine (C=N–C) groups is 1. The molecule has 31 heavy (non-hydrogen) atoms. The molecule has 1 saturated heterocycles. The Hall–Kier alpha value is -1.68. The average molecular weight is 543 g/mol. The molecule has 172 valence electrons. The van der Waals surface area contributed by atoms with E-state index in [1.807, 2.05) is 30.9 Å². The summed E-state index contributed by atoms with van der Waals surface area (Å²) in [5.41, 5.74) is 3.37. The quantitative estimate of drug-likeness (QED) is 0.340. The molecule has 1 N–H and O–H groups in total. The molecule has 0 aliphatic carbocycles. The van der Waals surface area contributed by atoms with Gasteiger partial charge in [-0.05, 0) is 36.5 Å². The Kier molecular flexibility index (Phi) is 9.29. The van der Waals surface area contributed by atoms with Gasteiger partial charge in [0.25, 0.3) is 0 Å². The van der Waals surface area contributed by atoms with Gasteiger partial charge in [0.1, 0.15) is 5.82 Å². The van der Waals surface area contributed by atoms with Crippen LogP contribution in [0, 0.1) is 5.82 Å². The Labute approximate surface area is 202 Å².